The molecule has 0 bridgehead atoms. The van der Waals surface area contributed by atoms with Crippen molar-refractivity contribution < 1.29 is 8.42 Å². The van der Waals surface area contributed by atoms with Gasteiger partial charge in [0.15, 0.2) is 0 Å². The maximum Gasteiger partial charge on any atom is 0.264 e. The second kappa shape index (κ2) is 3.99. The molecular formula is C5H12N2O2S2. The van der Waals surface area contributed by atoms with E-state index in [-0.39, 0.29) is 4.32 Å². The number of nitrogens with two attached hydrogens (primary N) is 1. The van der Waals surface area contributed by atoms with Crippen molar-refractivity contribution in [3.8, 4) is 0 Å². The lowest BCUT2D eigenvalue weighted by atomic mass is 10.6. The highest BCUT2D eigenvalue weighted by Gasteiger charge is 2.16. The SMILES string of the molecule is CCN(CC)C(=S)S(N)(=O)=O. The average Bonchev–Trinajstić information content (AvgIpc) is 1.88. The van der Waals surface area contributed by atoms with E-state index in [4.69, 9.17) is 5.14 Å². The lowest BCUT2D eigenvalue weighted by Crippen LogP contribution is -2.38. The van der Waals surface area contributed by atoms with E-state index in [9.17, 15) is 8.42 Å². The normalized spacial score (nSPS) is 11.2. The Morgan fingerprint density at radius 3 is 1.91 bits per heavy atom. The Hall–Kier alpha value is -0.200. The fourth-order valence-corrected chi connectivity index (χ4v) is 1.54. The largest absolute Gasteiger partial charge is 0.353 e. The van der Waals surface area contributed by atoms with Crippen LogP contribution in [0.2, 0.25) is 0 Å². The summed E-state index contributed by atoms with van der Waals surface area (Å²) in [6, 6.07) is 0. The van der Waals surface area contributed by atoms with E-state index in [1.54, 1.807) is 0 Å². The first-order valence-electron chi connectivity index (χ1n) is 3.25. The Kier molecular flexibility index (Phi) is 3.91. The lowest BCUT2D eigenvalue weighted by molar-refractivity contribution is 0.477. The average molecular weight is 196 g/mol. The molecule has 0 radical (unpaired) electrons. The number of thiocarbonyl (C=S) groups is 1. The molecule has 0 saturated heterocycles. The Labute approximate surface area is 72.4 Å². The van der Waals surface area contributed by atoms with Gasteiger partial charge in [0.2, 0.25) is 4.32 Å². The predicted octanol–water partition coefficient (Wildman–Crippen LogP) is -0.0984. The highest BCUT2D eigenvalue weighted by molar-refractivity contribution is 8.15. The summed E-state index contributed by atoms with van der Waals surface area (Å²) in [6.07, 6.45) is 0. The summed E-state index contributed by atoms with van der Waals surface area (Å²) in [6.45, 7) is 4.76. The van der Waals surface area contributed by atoms with Gasteiger partial charge in [-0.25, -0.2) is 13.6 Å². The first-order chi connectivity index (χ1) is 4.93. The molecule has 6 heteroatoms. The van der Waals surface area contributed by atoms with Gasteiger partial charge in [-0.05, 0) is 26.1 Å². The molecule has 0 aliphatic rings. The van der Waals surface area contributed by atoms with Crippen LogP contribution in [0.1, 0.15) is 13.8 Å². The molecule has 11 heavy (non-hydrogen) atoms. The zero-order chi connectivity index (χ0) is 9.07. The van der Waals surface area contributed by atoms with Gasteiger partial charge in [0.05, 0.1) is 0 Å². The molecule has 66 valence electrons. The summed E-state index contributed by atoms with van der Waals surface area (Å²) in [4.78, 5) is 1.52. The third kappa shape index (κ3) is 3.13. The van der Waals surface area contributed by atoms with Crippen LogP contribution in [0.15, 0.2) is 0 Å². The van der Waals surface area contributed by atoms with Gasteiger partial charge in [0.25, 0.3) is 10.0 Å². The Balaban J connectivity index is 4.48. The van der Waals surface area contributed by atoms with Crippen LogP contribution in [-0.4, -0.2) is 30.7 Å². The minimum absolute atomic E-state index is 0.178. The van der Waals surface area contributed by atoms with E-state index >= 15 is 0 Å². The van der Waals surface area contributed by atoms with Crippen molar-refractivity contribution in [2.45, 2.75) is 13.8 Å². The minimum Gasteiger partial charge on any atom is -0.353 e. The van der Waals surface area contributed by atoms with Gasteiger partial charge < -0.3 is 4.90 Å². The van der Waals surface area contributed by atoms with Crippen molar-refractivity contribution in [2.24, 2.45) is 5.14 Å². The molecule has 0 saturated carbocycles. The molecule has 4 nitrogen and oxygen atoms in total. The molecule has 0 aromatic heterocycles. The Morgan fingerprint density at radius 2 is 1.82 bits per heavy atom. The van der Waals surface area contributed by atoms with E-state index in [0.29, 0.717) is 13.1 Å². The van der Waals surface area contributed by atoms with Crippen LogP contribution >= 0.6 is 12.2 Å². The van der Waals surface area contributed by atoms with Crippen LogP contribution in [0.5, 0.6) is 0 Å². The Bertz CT molecular complexity index is 231. The number of nitrogens with zero attached hydrogens (tertiary/aromatic N) is 1. The summed E-state index contributed by atoms with van der Waals surface area (Å²) < 4.78 is 21.2. The van der Waals surface area contributed by atoms with E-state index in [2.05, 4.69) is 12.2 Å². The highest BCUT2D eigenvalue weighted by Crippen LogP contribution is 1.95. The molecule has 0 atom stereocenters. The number of rotatable bonds is 2. The molecule has 0 aliphatic carbocycles. The van der Waals surface area contributed by atoms with E-state index < -0.39 is 10.0 Å². The van der Waals surface area contributed by atoms with E-state index in [1.165, 1.54) is 4.90 Å². The molecule has 0 aromatic rings. The van der Waals surface area contributed by atoms with Gasteiger partial charge in [-0.2, -0.15) is 0 Å². The molecule has 0 heterocycles. The van der Waals surface area contributed by atoms with E-state index in [0.717, 1.165) is 0 Å². The third-order valence-corrected chi connectivity index (χ3v) is 2.97. The van der Waals surface area contributed by atoms with Crippen LogP contribution < -0.4 is 5.14 Å². The molecule has 0 spiro atoms. The minimum atomic E-state index is -3.67. The van der Waals surface area contributed by atoms with Crippen LogP contribution in [0.4, 0.5) is 0 Å². The molecule has 0 rings (SSSR count). The first-order valence-corrected chi connectivity index (χ1v) is 5.20. The molecule has 0 fully saturated rings. The van der Waals surface area contributed by atoms with E-state index in [1.807, 2.05) is 13.8 Å². The number of primary sulfonamides is 1. The third-order valence-electron chi connectivity index (χ3n) is 1.27. The molecule has 0 unspecified atom stereocenters. The van der Waals surface area contributed by atoms with Gasteiger partial charge >= 0.3 is 0 Å². The first kappa shape index (κ1) is 10.8. The van der Waals surface area contributed by atoms with Gasteiger partial charge in [-0.15, -0.1) is 0 Å². The summed E-state index contributed by atoms with van der Waals surface area (Å²) in [5, 5.41) is 4.82. The number of sulfonamides is 1. The van der Waals surface area contributed by atoms with Gasteiger partial charge in [-0.3, -0.25) is 0 Å². The van der Waals surface area contributed by atoms with Crippen molar-refractivity contribution in [1.29, 1.82) is 0 Å². The molecular weight excluding hydrogens is 184 g/mol. The standard InChI is InChI=1S/C5H12N2O2S2/c1-3-7(4-2)5(10)11(6,8)9/h3-4H2,1-2H3,(H2,6,8,9). The summed E-state index contributed by atoms with van der Waals surface area (Å²) in [7, 11) is -3.67. The molecule has 2 N–H and O–H groups in total. The van der Waals surface area contributed by atoms with Crippen molar-refractivity contribution >= 4 is 26.6 Å². The predicted molar refractivity (Wildman–Crippen MR) is 48.6 cm³/mol. The monoisotopic (exact) mass is 196 g/mol. The van der Waals surface area contributed by atoms with Crippen molar-refractivity contribution in [3.63, 3.8) is 0 Å². The summed E-state index contributed by atoms with van der Waals surface area (Å²) in [5.41, 5.74) is 0. The summed E-state index contributed by atoms with van der Waals surface area (Å²) >= 11 is 4.62. The zero-order valence-electron chi connectivity index (χ0n) is 6.57. The number of hydrogen-bond donors (Lipinski definition) is 1. The molecule has 0 aliphatic heterocycles. The maximum absolute atomic E-state index is 10.7. The second-order valence-electron chi connectivity index (χ2n) is 1.98. The van der Waals surface area contributed by atoms with Crippen LogP contribution in [0.25, 0.3) is 0 Å². The van der Waals surface area contributed by atoms with Crippen molar-refractivity contribution in [2.75, 3.05) is 13.1 Å². The lowest BCUT2D eigenvalue weighted by Gasteiger charge is -2.19. The summed E-state index contributed by atoms with van der Waals surface area (Å²) in [5.74, 6) is 0. The van der Waals surface area contributed by atoms with Crippen LogP contribution in [0.3, 0.4) is 0 Å². The van der Waals surface area contributed by atoms with Gasteiger partial charge in [0, 0.05) is 13.1 Å². The van der Waals surface area contributed by atoms with Crippen LogP contribution in [0, 0.1) is 0 Å². The van der Waals surface area contributed by atoms with Gasteiger partial charge in [-0.1, -0.05) is 0 Å². The number of hydrogen-bond acceptors (Lipinski definition) is 3. The second-order valence-corrected chi connectivity index (χ2v) is 4.11. The fraction of sp³-hybridized carbons (Fsp3) is 0.800. The molecule has 0 amide bonds. The molecule has 0 aromatic carbocycles. The van der Waals surface area contributed by atoms with Crippen LogP contribution in [-0.2, 0) is 10.0 Å². The zero-order valence-corrected chi connectivity index (χ0v) is 8.20. The highest BCUT2D eigenvalue weighted by atomic mass is 32.2. The quantitative estimate of drug-likeness (QED) is 0.627. The topological polar surface area (TPSA) is 63.4 Å². The Morgan fingerprint density at radius 1 is 1.45 bits per heavy atom. The van der Waals surface area contributed by atoms with Crippen molar-refractivity contribution in [1.82, 2.24) is 4.90 Å². The maximum atomic E-state index is 10.7. The fourth-order valence-electron chi connectivity index (χ4n) is 0.662. The smallest absolute Gasteiger partial charge is 0.264 e. The van der Waals surface area contributed by atoms with Gasteiger partial charge in [0.1, 0.15) is 0 Å². The van der Waals surface area contributed by atoms with Crippen molar-refractivity contribution in [3.05, 3.63) is 0 Å².